The third-order valence-electron chi connectivity index (χ3n) is 6.22. The molecule has 3 aliphatic rings. The van der Waals surface area contributed by atoms with Gasteiger partial charge in [-0.3, -0.25) is 9.78 Å². The summed E-state index contributed by atoms with van der Waals surface area (Å²) in [5.74, 6) is 0.895. The fourth-order valence-electron chi connectivity index (χ4n) is 4.65. The average molecular weight is 435 g/mol. The zero-order chi connectivity index (χ0) is 21.4. The van der Waals surface area contributed by atoms with E-state index >= 15 is 0 Å². The summed E-state index contributed by atoms with van der Waals surface area (Å²) in [7, 11) is 0. The molecule has 158 valence electrons. The summed E-state index contributed by atoms with van der Waals surface area (Å²) in [6, 6.07) is 14.1. The van der Waals surface area contributed by atoms with Gasteiger partial charge in [-0.25, -0.2) is 9.78 Å². The van der Waals surface area contributed by atoms with E-state index in [0.717, 1.165) is 23.9 Å². The average Bonchev–Trinajstić information content (AvgIpc) is 3.30. The van der Waals surface area contributed by atoms with Crippen molar-refractivity contribution >= 4 is 22.6 Å². The molecule has 31 heavy (non-hydrogen) atoms. The maximum Gasteiger partial charge on any atom is 0.349 e. The zero-order valence-electron chi connectivity index (χ0n) is 17.1. The van der Waals surface area contributed by atoms with Crippen molar-refractivity contribution in [2.75, 3.05) is 0 Å². The lowest BCUT2D eigenvalue weighted by Crippen LogP contribution is -2.29. The summed E-state index contributed by atoms with van der Waals surface area (Å²) in [4.78, 5) is 35.4. The van der Waals surface area contributed by atoms with Crippen molar-refractivity contribution in [3.05, 3.63) is 79.5 Å². The predicted molar refractivity (Wildman–Crippen MR) is 122 cm³/mol. The number of halogens is 1. The van der Waals surface area contributed by atoms with Crippen LogP contribution >= 0.6 is 11.6 Å². The number of nitrogens with zero attached hydrogens (tertiary/aromatic N) is 3. The SMILES string of the molecule is O=c1nc2n(CCCc3ccc(Cl)cc3)c3ccc(C4CCCC4)cc3nc-2c(=O)[nH]1. The summed E-state index contributed by atoms with van der Waals surface area (Å²) in [5, 5.41) is 0.716. The van der Waals surface area contributed by atoms with E-state index < -0.39 is 11.2 Å². The lowest BCUT2D eigenvalue weighted by molar-refractivity contribution is 0.648. The van der Waals surface area contributed by atoms with Crippen LogP contribution in [0.3, 0.4) is 0 Å². The Labute approximate surface area is 184 Å². The van der Waals surface area contributed by atoms with E-state index in [1.54, 1.807) is 0 Å². The topological polar surface area (TPSA) is 80.6 Å². The molecule has 0 amide bonds. The smallest absolute Gasteiger partial charge is 0.322 e. The number of aromatic nitrogens is 4. The summed E-state index contributed by atoms with van der Waals surface area (Å²) < 4.78 is 1.96. The third kappa shape index (κ3) is 4.00. The minimum atomic E-state index is -0.646. The number of benzene rings is 2. The largest absolute Gasteiger partial charge is 0.349 e. The Balaban J connectivity index is 1.56. The molecule has 2 heterocycles. The molecule has 2 aromatic carbocycles. The van der Waals surface area contributed by atoms with Crippen LogP contribution in [-0.4, -0.2) is 19.5 Å². The molecule has 1 fully saturated rings. The molecule has 1 aliphatic carbocycles. The molecule has 0 bridgehead atoms. The number of fused-ring (bicyclic) bond motifs is 2. The minimum Gasteiger partial charge on any atom is -0.322 e. The van der Waals surface area contributed by atoms with E-state index in [2.05, 4.69) is 33.2 Å². The van der Waals surface area contributed by atoms with Gasteiger partial charge in [0.2, 0.25) is 0 Å². The van der Waals surface area contributed by atoms with Crippen LogP contribution in [0.2, 0.25) is 5.02 Å². The highest BCUT2D eigenvalue weighted by molar-refractivity contribution is 6.30. The number of H-pyrrole nitrogens is 1. The van der Waals surface area contributed by atoms with E-state index in [1.807, 2.05) is 28.8 Å². The van der Waals surface area contributed by atoms with Gasteiger partial charge in [0.25, 0.3) is 5.56 Å². The number of nitrogens with one attached hydrogen (secondary N) is 1. The van der Waals surface area contributed by atoms with Gasteiger partial charge in [-0.2, -0.15) is 4.98 Å². The van der Waals surface area contributed by atoms with Crippen LogP contribution in [-0.2, 0) is 13.0 Å². The summed E-state index contributed by atoms with van der Waals surface area (Å²) in [5.41, 5.74) is 3.20. The standard InChI is InChI=1S/C24H23ClN4O2/c25-18-10-7-15(8-11-18)4-3-13-29-20-12-9-17(16-5-1-2-6-16)14-19(20)26-21-22(29)27-24(31)28-23(21)30/h7-12,14,16H,1-6,13H2,(H,28,30,31). The normalized spacial score (nSPS) is 14.6. The van der Waals surface area contributed by atoms with Gasteiger partial charge < -0.3 is 4.57 Å². The Kier molecular flexibility index (Phi) is 5.32. The molecule has 0 unspecified atom stereocenters. The Hall–Kier alpha value is -2.99. The van der Waals surface area contributed by atoms with Crippen LogP contribution in [0.5, 0.6) is 0 Å². The monoisotopic (exact) mass is 434 g/mol. The number of rotatable bonds is 5. The van der Waals surface area contributed by atoms with Crippen LogP contribution in [0, 0.1) is 0 Å². The maximum absolute atomic E-state index is 12.5. The third-order valence-corrected chi connectivity index (χ3v) is 6.47. The van der Waals surface area contributed by atoms with Gasteiger partial charge in [0.1, 0.15) is 0 Å². The number of hydrogen-bond acceptors (Lipinski definition) is 4. The van der Waals surface area contributed by atoms with Gasteiger partial charge in [0.15, 0.2) is 11.5 Å². The molecule has 1 N–H and O–H groups in total. The van der Waals surface area contributed by atoms with Gasteiger partial charge >= 0.3 is 5.69 Å². The quantitative estimate of drug-likeness (QED) is 0.468. The molecular weight excluding hydrogens is 412 g/mol. The lowest BCUT2D eigenvalue weighted by Gasteiger charge is -2.18. The summed E-state index contributed by atoms with van der Waals surface area (Å²) in [6.07, 6.45) is 6.59. The van der Waals surface area contributed by atoms with Gasteiger partial charge in [0, 0.05) is 11.6 Å². The van der Waals surface area contributed by atoms with Gasteiger partial charge in [0.05, 0.1) is 11.0 Å². The molecule has 6 nitrogen and oxygen atoms in total. The van der Waals surface area contributed by atoms with Crippen molar-refractivity contribution in [2.45, 2.75) is 51.0 Å². The van der Waals surface area contributed by atoms with Crippen molar-refractivity contribution in [1.29, 1.82) is 0 Å². The van der Waals surface area contributed by atoms with E-state index in [9.17, 15) is 9.59 Å². The highest BCUT2D eigenvalue weighted by Gasteiger charge is 2.21. The van der Waals surface area contributed by atoms with Gasteiger partial charge in [-0.1, -0.05) is 42.6 Å². The van der Waals surface area contributed by atoms with Crippen LogP contribution in [0.1, 0.15) is 49.1 Å². The molecule has 1 saturated carbocycles. The van der Waals surface area contributed by atoms with E-state index in [4.69, 9.17) is 11.6 Å². The molecule has 0 radical (unpaired) electrons. The molecule has 0 atom stereocenters. The molecule has 2 aromatic rings. The van der Waals surface area contributed by atoms with Crippen molar-refractivity contribution in [3.63, 3.8) is 0 Å². The van der Waals surface area contributed by atoms with Crippen LogP contribution in [0.25, 0.3) is 22.6 Å². The van der Waals surface area contributed by atoms with Crippen LogP contribution < -0.4 is 11.2 Å². The zero-order valence-corrected chi connectivity index (χ0v) is 17.9. The van der Waals surface area contributed by atoms with Crippen molar-refractivity contribution in [1.82, 2.24) is 19.5 Å². The first-order valence-corrected chi connectivity index (χ1v) is 11.2. The highest BCUT2D eigenvalue weighted by atomic mass is 35.5. The first kappa shape index (κ1) is 19.9. The second-order valence-electron chi connectivity index (χ2n) is 8.27. The maximum atomic E-state index is 12.5. The number of aryl methyl sites for hydroxylation is 2. The van der Waals surface area contributed by atoms with Crippen molar-refractivity contribution in [2.24, 2.45) is 0 Å². The molecule has 0 aromatic heterocycles. The fraction of sp³-hybridized carbons (Fsp3) is 0.333. The Morgan fingerprint density at radius 3 is 2.58 bits per heavy atom. The Bertz CT molecular complexity index is 1320. The predicted octanol–water partition coefficient (Wildman–Crippen LogP) is 4.53. The molecule has 0 saturated heterocycles. The Morgan fingerprint density at radius 2 is 1.81 bits per heavy atom. The molecular formula is C24H23ClN4O2. The van der Waals surface area contributed by atoms with Gasteiger partial charge in [-0.15, -0.1) is 0 Å². The number of aromatic amines is 1. The fourth-order valence-corrected chi connectivity index (χ4v) is 4.77. The van der Waals surface area contributed by atoms with Crippen molar-refractivity contribution in [3.8, 4) is 11.5 Å². The summed E-state index contributed by atoms with van der Waals surface area (Å²) in [6.45, 7) is 0.622. The molecule has 0 spiro atoms. The molecule has 2 aliphatic heterocycles. The second-order valence-corrected chi connectivity index (χ2v) is 8.70. The van der Waals surface area contributed by atoms with Crippen LogP contribution in [0.4, 0.5) is 0 Å². The second kappa shape index (κ2) is 8.27. The van der Waals surface area contributed by atoms with E-state index in [-0.39, 0.29) is 5.69 Å². The molecule has 5 rings (SSSR count). The number of hydrogen-bond donors (Lipinski definition) is 1. The lowest BCUT2D eigenvalue weighted by atomic mass is 9.97. The first-order chi connectivity index (χ1) is 15.1. The molecule has 7 heteroatoms. The van der Waals surface area contributed by atoms with Crippen LogP contribution in [0.15, 0.2) is 52.1 Å². The highest BCUT2D eigenvalue weighted by Crippen LogP contribution is 2.35. The van der Waals surface area contributed by atoms with E-state index in [1.165, 1.54) is 36.8 Å². The van der Waals surface area contributed by atoms with Crippen molar-refractivity contribution < 1.29 is 0 Å². The first-order valence-electron chi connectivity index (χ1n) is 10.8. The minimum absolute atomic E-state index is 0.210. The van der Waals surface area contributed by atoms with E-state index in [0.29, 0.717) is 23.3 Å². The van der Waals surface area contributed by atoms with Gasteiger partial charge in [-0.05, 0) is 67.0 Å². The summed E-state index contributed by atoms with van der Waals surface area (Å²) >= 11 is 5.98. The Morgan fingerprint density at radius 1 is 1.03 bits per heavy atom.